The molecular formula is C30H31NO5. The van der Waals surface area contributed by atoms with Crippen molar-refractivity contribution in [3.63, 3.8) is 0 Å². The van der Waals surface area contributed by atoms with E-state index in [1.807, 2.05) is 80.6 Å². The van der Waals surface area contributed by atoms with Gasteiger partial charge in [0.1, 0.15) is 18.1 Å². The highest BCUT2D eigenvalue weighted by Gasteiger charge is 2.45. The molecule has 186 valence electrons. The van der Waals surface area contributed by atoms with E-state index in [0.29, 0.717) is 43.1 Å². The van der Waals surface area contributed by atoms with Crippen molar-refractivity contribution in [1.29, 1.82) is 0 Å². The van der Waals surface area contributed by atoms with Gasteiger partial charge in [-0.15, -0.1) is 0 Å². The summed E-state index contributed by atoms with van der Waals surface area (Å²) in [6.07, 6.45) is 0.563. The smallest absolute Gasteiger partial charge is 0.295 e. The first-order valence-electron chi connectivity index (χ1n) is 12.0. The van der Waals surface area contributed by atoms with Crippen LogP contribution in [0.25, 0.3) is 5.76 Å². The summed E-state index contributed by atoms with van der Waals surface area (Å²) in [5.74, 6) is -0.878. The van der Waals surface area contributed by atoms with Crippen molar-refractivity contribution < 1.29 is 24.2 Å². The van der Waals surface area contributed by atoms with Crippen LogP contribution < -0.4 is 4.74 Å². The number of nitrogens with zero attached hydrogens (tertiary/aromatic N) is 1. The molecule has 36 heavy (non-hydrogen) atoms. The Morgan fingerprint density at radius 3 is 2.44 bits per heavy atom. The number of amides is 1. The number of likely N-dealkylation sites (tertiary alicyclic amines) is 1. The molecular weight excluding hydrogens is 454 g/mol. The second kappa shape index (κ2) is 11.2. The minimum Gasteiger partial charge on any atom is -0.507 e. The molecule has 1 unspecified atom stereocenters. The van der Waals surface area contributed by atoms with E-state index in [1.54, 1.807) is 13.2 Å². The average molecular weight is 486 g/mol. The van der Waals surface area contributed by atoms with Crippen molar-refractivity contribution in [2.75, 3.05) is 20.3 Å². The van der Waals surface area contributed by atoms with Gasteiger partial charge in [-0.25, -0.2) is 0 Å². The Bertz CT molecular complexity index is 1280. The normalized spacial score (nSPS) is 17.0. The number of carbonyl (C=O) groups excluding carboxylic acids is 2. The fourth-order valence-corrected chi connectivity index (χ4v) is 4.40. The zero-order chi connectivity index (χ0) is 25.7. The first kappa shape index (κ1) is 25.2. The molecule has 6 heteroatoms. The Balaban J connectivity index is 1.74. The zero-order valence-corrected chi connectivity index (χ0v) is 20.9. The van der Waals surface area contributed by atoms with Crippen LogP contribution in [0.3, 0.4) is 0 Å². The molecule has 1 amide bonds. The van der Waals surface area contributed by atoms with Gasteiger partial charge in [-0.1, -0.05) is 54.6 Å². The molecule has 0 spiro atoms. The summed E-state index contributed by atoms with van der Waals surface area (Å²) in [6, 6.07) is 21.9. The number of rotatable bonds is 9. The van der Waals surface area contributed by atoms with Gasteiger partial charge in [0.15, 0.2) is 0 Å². The Kier molecular flexibility index (Phi) is 7.86. The number of Topliss-reactive ketones (excluding diaryl/α,β-unsaturated/α-hetero) is 1. The summed E-state index contributed by atoms with van der Waals surface area (Å²) < 4.78 is 11.2. The van der Waals surface area contributed by atoms with Crippen molar-refractivity contribution in [2.24, 2.45) is 0 Å². The number of ketones is 1. The molecule has 0 radical (unpaired) electrons. The predicted octanol–water partition coefficient (Wildman–Crippen LogP) is 5.34. The monoisotopic (exact) mass is 485 g/mol. The fourth-order valence-electron chi connectivity index (χ4n) is 4.40. The molecule has 1 N–H and O–H groups in total. The number of aryl methyl sites for hydroxylation is 2. The Morgan fingerprint density at radius 2 is 1.72 bits per heavy atom. The molecule has 6 nitrogen and oxygen atoms in total. The lowest BCUT2D eigenvalue weighted by molar-refractivity contribution is -0.140. The van der Waals surface area contributed by atoms with Gasteiger partial charge >= 0.3 is 0 Å². The predicted molar refractivity (Wildman–Crippen MR) is 139 cm³/mol. The van der Waals surface area contributed by atoms with Gasteiger partial charge in [0, 0.05) is 25.8 Å². The lowest BCUT2D eigenvalue weighted by Gasteiger charge is -2.25. The molecule has 4 rings (SSSR count). The topological polar surface area (TPSA) is 76.1 Å². The molecule has 1 aliphatic heterocycles. The SMILES string of the molecule is COCCCN1C(=O)C(=O)/C(=C(\O)c2ccc(C)c(C)c2)C1c1cccc(OCc2ccccc2)c1. The Labute approximate surface area is 211 Å². The van der Waals surface area contributed by atoms with E-state index in [0.717, 1.165) is 16.7 Å². The van der Waals surface area contributed by atoms with E-state index in [9.17, 15) is 14.7 Å². The molecule has 1 heterocycles. The lowest BCUT2D eigenvalue weighted by atomic mass is 9.94. The van der Waals surface area contributed by atoms with Crippen molar-refractivity contribution in [2.45, 2.75) is 32.9 Å². The molecule has 1 atom stereocenters. The number of aliphatic hydroxyl groups excluding tert-OH is 1. The van der Waals surface area contributed by atoms with E-state index in [1.165, 1.54) is 4.90 Å². The van der Waals surface area contributed by atoms with Crippen LogP contribution in [0.1, 0.15) is 40.3 Å². The van der Waals surface area contributed by atoms with Crippen molar-refractivity contribution in [3.8, 4) is 5.75 Å². The number of hydrogen-bond donors (Lipinski definition) is 1. The molecule has 0 aromatic heterocycles. The van der Waals surface area contributed by atoms with Crippen LogP contribution in [0, 0.1) is 13.8 Å². The largest absolute Gasteiger partial charge is 0.507 e. The van der Waals surface area contributed by atoms with Crippen molar-refractivity contribution in [3.05, 3.63) is 106 Å². The molecule has 3 aromatic carbocycles. The fraction of sp³-hybridized carbons (Fsp3) is 0.267. The van der Waals surface area contributed by atoms with Crippen LogP contribution in [0.5, 0.6) is 5.75 Å². The molecule has 0 saturated carbocycles. The molecule has 3 aromatic rings. The number of ether oxygens (including phenoxy) is 2. The van der Waals surface area contributed by atoms with E-state index >= 15 is 0 Å². The minimum atomic E-state index is -0.733. The Morgan fingerprint density at radius 1 is 0.944 bits per heavy atom. The highest BCUT2D eigenvalue weighted by atomic mass is 16.5. The van der Waals surface area contributed by atoms with Crippen LogP contribution in [0.2, 0.25) is 0 Å². The van der Waals surface area contributed by atoms with E-state index in [-0.39, 0.29) is 11.3 Å². The van der Waals surface area contributed by atoms with E-state index in [2.05, 4.69) is 0 Å². The number of aliphatic hydroxyl groups is 1. The minimum absolute atomic E-state index is 0.0841. The van der Waals surface area contributed by atoms with Gasteiger partial charge in [-0.05, 0) is 60.7 Å². The van der Waals surface area contributed by atoms with Crippen molar-refractivity contribution in [1.82, 2.24) is 4.90 Å². The quantitative estimate of drug-likeness (QED) is 0.192. The van der Waals surface area contributed by atoms with Gasteiger partial charge < -0.3 is 19.5 Å². The number of benzene rings is 3. The average Bonchev–Trinajstić information content (AvgIpc) is 3.14. The third-order valence-electron chi connectivity index (χ3n) is 6.49. The summed E-state index contributed by atoms with van der Waals surface area (Å²) in [5.41, 5.74) is 4.38. The van der Waals surface area contributed by atoms with Crippen LogP contribution in [0.4, 0.5) is 0 Å². The highest BCUT2D eigenvalue weighted by Crippen LogP contribution is 2.40. The highest BCUT2D eigenvalue weighted by molar-refractivity contribution is 6.46. The lowest BCUT2D eigenvalue weighted by Crippen LogP contribution is -2.31. The summed E-state index contributed by atoms with van der Waals surface area (Å²) in [7, 11) is 1.60. The molecule has 1 aliphatic rings. The summed E-state index contributed by atoms with van der Waals surface area (Å²) >= 11 is 0. The summed E-state index contributed by atoms with van der Waals surface area (Å²) in [6.45, 7) is 5.09. The number of hydrogen-bond acceptors (Lipinski definition) is 5. The second-order valence-corrected chi connectivity index (χ2v) is 8.98. The first-order chi connectivity index (χ1) is 17.4. The van der Waals surface area contributed by atoms with Crippen LogP contribution >= 0.6 is 0 Å². The maximum Gasteiger partial charge on any atom is 0.295 e. The third-order valence-corrected chi connectivity index (χ3v) is 6.49. The van der Waals surface area contributed by atoms with Gasteiger partial charge in [-0.3, -0.25) is 9.59 Å². The number of carbonyl (C=O) groups is 2. The number of methoxy groups -OCH3 is 1. The van der Waals surface area contributed by atoms with Gasteiger partial charge in [-0.2, -0.15) is 0 Å². The second-order valence-electron chi connectivity index (χ2n) is 8.98. The molecule has 0 bridgehead atoms. The van der Waals surface area contributed by atoms with Crippen LogP contribution in [-0.4, -0.2) is 42.0 Å². The zero-order valence-electron chi connectivity index (χ0n) is 20.9. The van der Waals surface area contributed by atoms with Gasteiger partial charge in [0.25, 0.3) is 11.7 Å². The van der Waals surface area contributed by atoms with E-state index in [4.69, 9.17) is 9.47 Å². The third kappa shape index (κ3) is 5.34. The van der Waals surface area contributed by atoms with Crippen LogP contribution in [-0.2, 0) is 20.9 Å². The van der Waals surface area contributed by atoms with E-state index < -0.39 is 17.7 Å². The van der Waals surface area contributed by atoms with Gasteiger partial charge in [0.2, 0.25) is 0 Å². The van der Waals surface area contributed by atoms with Crippen molar-refractivity contribution >= 4 is 17.4 Å². The first-order valence-corrected chi connectivity index (χ1v) is 12.0. The molecule has 1 fully saturated rings. The van der Waals surface area contributed by atoms with Gasteiger partial charge in [0.05, 0.1) is 11.6 Å². The molecule has 1 saturated heterocycles. The van der Waals surface area contributed by atoms with Crippen LogP contribution in [0.15, 0.2) is 78.4 Å². The Hall–Kier alpha value is -3.90. The standard InChI is InChI=1S/C30H31NO5/c1-20-13-14-24(17-21(20)2)28(32)26-27(31(15-8-16-35-3)30(34)29(26)33)23-11-7-12-25(18-23)36-19-22-9-5-4-6-10-22/h4-7,9-14,17-18,27,32H,8,15-16,19H2,1-3H3/b28-26-. The molecule has 0 aliphatic carbocycles. The summed E-state index contributed by atoms with van der Waals surface area (Å²) in [4.78, 5) is 27.8. The maximum absolute atomic E-state index is 13.2. The maximum atomic E-state index is 13.2. The summed E-state index contributed by atoms with van der Waals surface area (Å²) in [5, 5.41) is 11.3.